The molecule has 0 aliphatic rings. The largest absolute Gasteiger partial charge is 0.497 e. The van der Waals surface area contributed by atoms with Crippen molar-refractivity contribution in [1.82, 2.24) is 5.32 Å². The van der Waals surface area contributed by atoms with Crippen molar-refractivity contribution in [2.24, 2.45) is 0 Å². The van der Waals surface area contributed by atoms with Gasteiger partial charge in [0.1, 0.15) is 5.75 Å². The summed E-state index contributed by atoms with van der Waals surface area (Å²) in [7, 11) is -0.677. The van der Waals surface area contributed by atoms with E-state index in [1.807, 2.05) is 31.2 Å². The molecular formula is C23H23ClN2O4S. The zero-order valence-corrected chi connectivity index (χ0v) is 18.9. The average Bonchev–Trinajstić information content (AvgIpc) is 2.79. The number of amides is 1. The van der Waals surface area contributed by atoms with E-state index in [1.54, 1.807) is 31.4 Å². The Balaban J connectivity index is 1.71. The Morgan fingerprint density at radius 2 is 1.55 bits per heavy atom. The van der Waals surface area contributed by atoms with E-state index in [0.717, 1.165) is 15.6 Å². The number of ether oxygens (including phenoxy) is 1. The third-order valence-electron chi connectivity index (χ3n) is 4.93. The predicted molar refractivity (Wildman–Crippen MR) is 122 cm³/mol. The quantitative estimate of drug-likeness (QED) is 0.558. The zero-order valence-electron chi connectivity index (χ0n) is 17.4. The lowest BCUT2D eigenvalue weighted by Gasteiger charge is -2.20. The van der Waals surface area contributed by atoms with Crippen LogP contribution in [-0.2, 0) is 10.0 Å². The molecular weight excluding hydrogens is 436 g/mol. The van der Waals surface area contributed by atoms with E-state index in [9.17, 15) is 13.2 Å². The van der Waals surface area contributed by atoms with Gasteiger partial charge in [-0.25, -0.2) is 8.42 Å². The van der Waals surface area contributed by atoms with E-state index in [2.05, 4.69) is 5.32 Å². The molecule has 3 rings (SSSR count). The summed E-state index contributed by atoms with van der Waals surface area (Å²) < 4.78 is 31.9. The first-order valence-corrected chi connectivity index (χ1v) is 11.3. The molecule has 0 saturated heterocycles. The van der Waals surface area contributed by atoms with Gasteiger partial charge in [-0.1, -0.05) is 23.7 Å². The molecule has 0 aliphatic carbocycles. The Bertz CT molecular complexity index is 1150. The summed E-state index contributed by atoms with van der Waals surface area (Å²) >= 11 is 5.84. The number of hydrogen-bond acceptors (Lipinski definition) is 4. The lowest BCUT2D eigenvalue weighted by molar-refractivity contribution is 0.0940. The molecule has 0 heterocycles. The van der Waals surface area contributed by atoms with Crippen molar-refractivity contribution in [2.75, 3.05) is 18.5 Å². The van der Waals surface area contributed by atoms with E-state index in [-0.39, 0.29) is 16.8 Å². The summed E-state index contributed by atoms with van der Waals surface area (Å²) in [4.78, 5) is 12.7. The third kappa shape index (κ3) is 5.18. The predicted octanol–water partition coefficient (Wildman–Crippen LogP) is 4.66. The molecule has 0 aromatic heterocycles. The fourth-order valence-corrected chi connectivity index (χ4v) is 4.30. The lowest BCUT2D eigenvalue weighted by atomic mass is 10.1. The molecule has 1 amide bonds. The summed E-state index contributed by atoms with van der Waals surface area (Å²) in [6.07, 6.45) is 0. The number of nitrogens with one attached hydrogen (secondary N) is 1. The zero-order chi connectivity index (χ0) is 22.6. The first-order valence-electron chi connectivity index (χ1n) is 9.52. The molecule has 1 N–H and O–H groups in total. The van der Waals surface area contributed by atoms with Crippen LogP contribution in [0.3, 0.4) is 0 Å². The van der Waals surface area contributed by atoms with Crippen molar-refractivity contribution >= 4 is 33.2 Å². The Morgan fingerprint density at radius 1 is 0.968 bits per heavy atom. The van der Waals surface area contributed by atoms with Crippen LogP contribution in [-0.4, -0.2) is 28.5 Å². The minimum absolute atomic E-state index is 0.134. The molecule has 0 aliphatic heterocycles. The number of sulfonamides is 1. The van der Waals surface area contributed by atoms with Crippen molar-refractivity contribution in [3.05, 3.63) is 88.9 Å². The summed E-state index contributed by atoms with van der Waals surface area (Å²) in [5, 5.41) is 3.40. The van der Waals surface area contributed by atoms with Crippen LogP contribution in [0.1, 0.15) is 28.9 Å². The van der Waals surface area contributed by atoms with Crippen LogP contribution in [0, 0.1) is 0 Å². The number of carbonyl (C=O) groups is 1. The minimum atomic E-state index is -3.74. The van der Waals surface area contributed by atoms with Gasteiger partial charge in [-0.15, -0.1) is 0 Å². The second-order valence-electron chi connectivity index (χ2n) is 6.94. The number of benzene rings is 3. The first kappa shape index (κ1) is 22.7. The Hall–Kier alpha value is -3.03. The number of hydrogen-bond donors (Lipinski definition) is 1. The smallest absolute Gasteiger partial charge is 0.264 e. The number of anilines is 1. The van der Waals surface area contributed by atoms with E-state index in [0.29, 0.717) is 16.3 Å². The van der Waals surface area contributed by atoms with Crippen molar-refractivity contribution in [3.63, 3.8) is 0 Å². The van der Waals surface area contributed by atoms with E-state index < -0.39 is 10.0 Å². The molecule has 0 bridgehead atoms. The Labute approximate surface area is 187 Å². The highest BCUT2D eigenvalue weighted by Gasteiger charge is 2.21. The normalized spacial score (nSPS) is 12.1. The number of methoxy groups -OCH3 is 1. The van der Waals surface area contributed by atoms with Crippen LogP contribution >= 0.6 is 11.6 Å². The standard InChI is InChI=1S/C23H23ClN2O4S/c1-16(17-6-12-21(30-3)13-7-17)25-23(27)18-4-10-20(11-5-18)26(2)31(28,29)22-14-8-19(24)9-15-22/h4-16H,1-3H3,(H,25,27)/t16-/m0/s1. The van der Waals surface area contributed by atoms with Gasteiger partial charge in [0.25, 0.3) is 15.9 Å². The molecule has 1 atom stereocenters. The van der Waals surface area contributed by atoms with Gasteiger partial charge in [-0.05, 0) is 73.2 Å². The Kier molecular flexibility index (Phi) is 6.87. The molecule has 8 heteroatoms. The van der Waals surface area contributed by atoms with Crippen molar-refractivity contribution in [2.45, 2.75) is 17.9 Å². The molecule has 0 fully saturated rings. The molecule has 3 aromatic carbocycles. The van der Waals surface area contributed by atoms with Crippen LogP contribution in [0.4, 0.5) is 5.69 Å². The van der Waals surface area contributed by atoms with Gasteiger partial charge in [0, 0.05) is 17.6 Å². The van der Waals surface area contributed by atoms with Gasteiger partial charge in [0.15, 0.2) is 0 Å². The average molecular weight is 459 g/mol. The molecule has 0 saturated carbocycles. The topological polar surface area (TPSA) is 75.7 Å². The maximum absolute atomic E-state index is 12.8. The van der Waals surface area contributed by atoms with E-state index in [4.69, 9.17) is 16.3 Å². The monoisotopic (exact) mass is 458 g/mol. The van der Waals surface area contributed by atoms with Gasteiger partial charge < -0.3 is 10.1 Å². The SMILES string of the molecule is COc1ccc([C@H](C)NC(=O)c2ccc(N(C)S(=O)(=O)c3ccc(Cl)cc3)cc2)cc1. The molecule has 0 radical (unpaired) electrons. The van der Waals surface area contributed by atoms with Gasteiger partial charge in [-0.2, -0.15) is 0 Å². The van der Waals surface area contributed by atoms with E-state index >= 15 is 0 Å². The molecule has 0 unspecified atom stereocenters. The summed E-state index contributed by atoms with van der Waals surface area (Å²) in [6.45, 7) is 1.89. The molecule has 0 spiro atoms. The summed E-state index contributed by atoms with van der Waals surface area (Å²) in [5.74, 6) is 0.494. The lowest BCUT2D eigenvalue weighted by Crippen LogP contribution is -2.28. The van der Waals surface area contributed by atoms with Crippen LogP contribution in [0.25, 0.3) is 0 Å². The molecule has 31 heavy (non-hydrogen) atoms. The third-order valence-corrected chi connectivity index (χ3v) is 6.98. The highest BCUT2D eigenvalue weighted by Crippen LogP contribution is 2.24. The van der Waals surface area contributed by atoms with Crippen molar-refractivity contribution < 1.29 is 17.9 Å². The number of halogens is 1. The fourth-order valence-electron chi connectivity index (χ4n) is 2.98. The maximum atomic E-state index is 12.8. The van der Waals surface area contributed by atoms with Crippen LogP contribution in [0.2, 0.25) is 5.02 Å². The van der Waals surface area contributed by atoms with Crippen LogP contribution in [0.5, 0.6) is 5.75 Å². The number of nitrogens with zero attached hydrogens (tertiary/aromatic N) is 1. The summed E-state index contributed by atoms with van der Waals surface area (Å²) in [6, 6.07) is 19.6. The maximum Gasteiger partial charge on any atom is 0.264 e. The Morgan fingerprint density at radius 3 is 2.10 bits per heavy atom. The van der Waals surface area contributed by atoms with Gasteiger partial charge in [-0.3, -0.25) is 9.10 Å². The molecule has 162 valence electrons. The second-order valence-corrected chi connectivity index (χ2v) is 9.35. The number of carbonyl (C=O) groups excluding carboxylic acids is 1. The summed E-state index contributed by atoms with van der Waals surface area (Å²) in [5.41, 5.74) is 1.82. The fraction of sp³-hybridized carbons (Fsp3) is 0.174. The van der Waals surface area contributed by atoms with E-state index in [1.165, 1.54) is 31.3 Å². The van der Waals surface area contributed by atoms with Crippen molar-refractivity contribution in [3.8, 4) is 5.75 Å². The first-order chi connectivity index (χ1) is 14.7. The minimum Gasteiger partial charge on any atom is -0.497 e. The van der Waals surface area contributed by atoms with Crippen LogP contribution < -0.4 is 14.4 Å². The van der Waals surface area contributed by atoms with Crippen molar-refractivity contribution in [1.29, 1.82) is 0 Å². The number of rotatable bonds is 7. The van der Waals surface area contributed by atoms with Gasteiger partial charge in [0.05, 0.1) is 23.7 Å². The molecule has 3 aromatic rings. The van der Waals surface area contributed by atoms with Gasteiger partial charge in [0.2, 0.25) is 0 Å². The second kappa shape index (κ2) is 9.41. The molecule has 6 nitrogen and oxygen atoms in total. The van der Waals surface area contributed by atoms with Gasteiger partial charge >= 0.3 is 0 Å². The highest BCUT2D eigenvalue weighted by atomic mass is 35.5. The highest BCUT2D eigenvalue weighted by molar-refractivity contribution is 7.92. The van der Waals surface area contributed by atoms with Crippen LogP contribution in [0.15, 0.2) is 77.7 Å².